The molecule has 0 saturated carbocycles. The molecule has 2 rings (SSSR count). The molecule has 0 radical (unpaired) electrons. The molecule has 0 amide bonds. The van der Waals surface area contributed by atoms with Gasteiger partial charge in [-0.3, -0.25) is 0 Å². The molecule has 88 valence electrons. The molecule has 0 aliphatic carbocycles. The van der Waals surface area contributed by atoms with Gasteiger partial charge in [-0.15, -0.1) is 5.10 Å². The van der Waals surface area contributed by atoms with Gasteiger partial charge in [0.25, 0.3) is 5.82 Å². The second-order valence-corrected chi connectivity index (χ2v) is 4.21. The molecule has 0 unspecified atom stereocenters. The molecule has 0 fully saturated rings. The van der Waals surface area contributed by atoms with E-state index in [4.69, 9.17) is 0 Å². The zero-order chi connectivity index (χ0) is 12.4. The van der Waals surface area contributed by atoms with Crippen LogP contribution in [0.1, 0.15) is 16.2 Å². The van der Waals surface area contributed by atoms with Crippen LogP contribution in [0.4, 0.5) is 0 Å². The molecule has 17 heavy (non-hydrogen) atoms. The molecule has 2 heterocycles. The molecule has 0 spiro atoms. The Morgan fingerprint density at radius 3 is 2.88 bits per heavy atom. The number of esters is 1. The molecule has 0 saturated heterocycles. The molecule has 6 nitrogen and oxygen atoms in total. The summed E-state index contributed by atoms with van der Waals surface area (Å²) in [5.74, 6) is 0.0611. The first-order chi connectivity index (χ1) is 8.11. The molecular formula is C10H9BrN4O2. The molecule has 0 aliphatic heterocycles. The summed E-state index contributed by atoms with van der Waals surface area (Å²) in [6.45, 7) is 1.90. The van der Waals surface area contributed by atoms with Crippen molar-refractivity contribution >= 4 is 21.9 Å². The van der Waals surface area contributed by atoms with Crippen molar-refractivity contribution in [1.82, 2.24) is 19.7 Å². The van der Waals surface area contributed by atoms with E-state index in [0.29, 0.717) is 5.82 Å². The van der Waals surface area contributed by atoms with Gasteiger partial charge in [-0.2, -0.15) is 0 Å². The van der Waals surface area contributed by atoms with Crippen molar-refractivity contribution in [1.29, 1.82) is 0 Å². The third kappa shape index (κ3) is 2.33. The molecule has 0 bridgehead atoms. The van der Waals surface area contributed by atoms with E-state index in [2.05, 4.69) is 35.7 Å². The number of methoxy groups -OCH3 is 1. The van der Waals surface area contributed by atoms with Gasteiger partial charge >= 0.3 is 5.97 Å². The molecule has 2 aromatic heterocycles. The summed E-state index contributed by atoms with van der Waals surface area (Å²) < 4.78 is 6.85. The van der Waals surface area contributed by atoms with Crippen LogP contribution in [-0.2, 0) is 4.74 Å². The number of aromatic nitrogens is 4. The van der Waals surface area contributed by atoms with Crippen molar-refractivity contribution in [3.8, 4) is 5.82 Å². The third-order valence-corrected chi connectivity index (χ3v) is 2.53. The largest absolute Gasteiger partial charge is 0.463 e. The van der Waals surface area contributed by atoms with E-state index in [-0.39, 0.29) is 5.82 Å². The second-order valence-electron chi connectivity index (χ2n) is 3.30. The Balaban J connectivity index is 2.40. The topological polar surface area (TPSA) is 69.9 Å². The Bertz CT molecular complexity index is 567. The lowest BCUT2D eigenvalue weighted by Gasteiger charge is -2.03. The Morgan fingerprint density at radius 1 is 1.47 bits per heavy atom. The summed E-state index contributed by atoms with van der Waals surface area (Å²) in [4.78, 5) is 19.3. The van der Waals surface area contributed by atoms with Gasteiger partial charge in [0.2, 0.25) is 0 Å². The van der Waals surface area contributed by atoms with Crippen LogP contribution in [0.3, 0.4) is 0 Å². The van der Waals surface area contributed by atoms with Crippen molar-refractivity contribution in [2.24, 2.45) is 0 Å². The van der Waals surface area contributed by atoms with E-state index in [1.807, 2.05) is 13.0 Å². The second kappa shape index (κ2) is 4.62. The summed E-state index contributed by atoms with van der Waals surface area (Å²) >= 11 is 3.33. The van der Waals surface area contributed by atoms with Gasteiger partial charge in [0.15, 0.2) is 5.82 Å². The number of pyridine rings is 1. The lowest BCUT2D eigenvalue weighted by molar-refractivity contribution is 0.0587. The number of ether oxygens (including phenoxy) is 1. The van der Waals surface area contributed by atoms with E-state index < -0.39 is 5.97 Å². The van der Waals surface area contributed by atoms with Crippen LogP contribution in [0.25, 0.3) is 5.82 Å². The lowest BCUT2D eigenvalue weighted by Crippen LogP contribution is -2.06. The number of hydrogen-bond donors (Lipinski definition) is 0. The van der Waals surface area contributed by atoms with E-state index in [0.717, 1.165) is 10.0 Å². The highest BCUT2D eigenvalue weighted by Crippen LogP contribution is 2.15. The number of aryl methyl sites for hydroxylation is 1. The van der Waals surface area contributed by atoms with Crippen molar-refractivity contribution in [3.63, 3.8) is 0 Å². The normalized spacial score (nSPS) is 10.3. The third-order valence-electron chi connectivity index (χ3n) is 2.09. The molecule has 0 N–H and O–H groups in total. The highest BCUT2D eigenvalue weighted by Gasteiger charge is 2.13. The maximum Gasteiger partial charge on any atom is 0.377 e. The Kier molecular flexibility index (Phi) is 3.19. The van der Waals surface area contributed by atoms with Crippen LogP contribution in [-0.4, -0.2) is 32.8 Å². The summed E-state index contributed by atoms with van der Waals surface area (Å²) in [7, 11) is 1.28. The molecule has 0 aromatic carbocycles. The Morgan fingerprint density at radius 2 is 2.24 bits per heavy atom. The minimum Gasteiger partial charge on any atom is -0.463 e. The molecular weight excluding hydrogens is 288 g/mol. The van der Waals surface area contributed by atoms with Crippen LogP contribution in [0.5, 0.6) is 0 Å². The molecule has 2 aromatic rings. The van der Waals surface area contributed by atoms with Crippen molar-refractivity contribution in [2.45, 2.75) is 6.92 Å². The van der Waals surface area contributed by atoms with Crippen molar-refractivity contribution in [2.75, 3.05) is 7.11 Å². The predicted octanol–water partition coefficient (Wildman–Crippen LogP) is 1.52. The predicted molar refractivity (Wildman–Crippen MR) is 62.9 cm³/mol. The highest BCUT2D eigenvalue weighted by molar-refractivity contribution is 9.10. The molecule has 0 atom stereocenters. The molecule has 7 heteroatoms. The lowest BCUT2D eigenvalue weighted by atomic mass is 10.3. The van der Waals surface area contributed by atoms with Gasteiger partial charge in [-0.25, -0.2) is 19.4 Å². The first kappa shape index (κ1) is 11.7. The van der Waals surface area contributed by atoms with E-state index in [1.54, 1.807) is 6.20 Å². The van der Waals surface area contributed by atoms with E-state index in [9.17, 15) is 4.79 Å². The zero-order valence-corrected chi connectivity index (χ0v) is 10.8. The van der Waals surface area contributed by atoms with E-state index >= 15 is 0 Å². The van der Waals surface area contributed by atoms with Crippen LogP contribution < -0.4 is 0 Å². The van der Waals surface area contributed by atoms with Gasteiger partial charge in [0.1, 0.15) is 6.33 Å². The minimum atomic E-state index is -0.571. The SMILES string of the molecule is COC(=O)c1ncn(-c2ncc(Br)cc2C)n1. The fraction of sp³-hybridized carbons (Fsp3) is 0.200. The summed E-state index contributed by atoms with van der Waals surface area (Å²) in [6.07, 6.45) is 3.08. The first-order valence-electron chi connectivity index (χ1n) is 4.74. The average molecular weight is 297 g/mol. The average Bonchev–Trinajstić information content (AvgIpc) is 2.77. The number of hydrogen-bond acceptors (Lipinski definition) is 5. The van der Waals surface area contributed by atoms with Crippen molar-refractivity contribution in [3.05, 3.63) is 34.5 Å². The fourth-order valence-electron chi connectivity index (χ4n) is 1.32. The fourth-order valence-corrected chi connectivity index (χ4v) is 1.77. The smallest absolute Gasteiger partial charge is 0.377 e. The van der Waals surface area contributed by atoms with Gasteiger partial charge in [0, 0.05) is 10.7 Å². The standard InChI is InChI=1S/C10H9BrN4O2/c1-6-3-7(11)4-12-9(6)15-5-13-8(14-15)10(16)17-2/h3-5H,1-2H3. The monoisotopic (exact) mass is 296 g/mol. The molecule has 0 aliphatic rings. The quantitative estimate of drug-likeness (QED) is 0.786. The number of halogens is 1. The van der Waals surface area contributed by atoms with Gasteiger partial charge < -0.3 is 4.74 Å². The van der Waals surface area contributed by atoms with Crippen LogP contribution >= 0.6 is 15.9 Å². The minimum absolute atomic E-state index is 0.0108. The number of rotatable bonds is 2. The maximum absolute atomic E-state index is 11.2. The highest BCUT2D eigenvalue weighted by atomic mass is 79.9. The van der Waals surface area contributed by atoms with Crippen LogP contribution in [0.2, 0.25) is 0 Å². The van der Waals surface area contributed by atoms with Crippen LogP contribution in [0.15, 0.2) is 23.1 Å². The summed E-state index contributed by atoms with van der Waals surface area (Å²) in [6, 6.07) is 1.90. The van der Waals surface area contributed by atoms with Gasteiger partial charge in [-0.1, -0.05) is 0 Å². The van der Waals surface area contributed by atoms with Crippen molar-refractivity contribution < 1.29 is 9.53 Å². The Labute approximate surface area is 106 Å². The zero-order valence-electron chi connectivity index (χ0n) is 9.22. The maximum atomic E-state index is 11.2. The van der Waals surface area contributed by atoms with E-state index in [1.165, 1.54) is 18.1 Å². The van der Waals surface area contributed by atoms with Gasteiger partial charge in [-0.05, 0) is 34.5 Å². The summed E-state index contributed by atoms with van der Waals surface area (Å²) in [5, 5.41) is 3.99. The number of nitrogens with zero attached hydrogens (tertiary/aromatic N) is 4. The van der Waals surface area contributed by atoms with Crippen LogP contribution in [0, 0.1) is 6.92 Å². The first-order valence-corrected chi connectivity index (χ1v) is 5.53. The Hall–Kier alpha value is -1.76. The van der Waals surface area contributed by atoms with Gasteiger partial charge in [0.05, 0.1) is 7.11 Å². The summed E-state index contributed by atoms with van der Waals surface area (Å²) in [5.41, 5.74) is 0.917. The number of carbonyl (C=O) groups excluding carboxylic acids is 1. The number of carbonyl (C=O) groups is 1.